The first-order valence-electron chi connectivity index (χ1n) is 34.2. The molecule has 0 aliphatic carbocycles. The molecule has 5 heterocycles. The number of aryl methyl sites for hydroxylation is 8. The number of nitrogens with zero attached hydrogens (tertiary/aromatic N) is 11. The smallest absolute Gasteiger partial charge is 0.242 e. The van der Waals surface area contributed by atoms with Crippen LogP contribution < -0.4 is 16.4 Å². The Kier molecular flexibility index (Phi) is 37.9. The first kappa shape index (κ1) is 86.5. The van der Waals surface area contributed by atoms with Crippen LogP contribution in [0.3, 0.4) is 0 Å². The highest BCUT2D eigenvalue weighted by Crippen LogP contribution is 2.22. The summed E-state index contributed by atoms with van der Waals surface area (Å²) in [6.07, 6.45) is 18.8. The van der Waals surface area contributed by atoms with Crippen LogP contribution in [0.15, 0.2) is 225 Å². The molecule has 0 saturated heterocycles. The maximum atomic E-state index is 13.2. The van der Waals surface area contributed by atoms with Crippen LogP contribution in [0.2, 0.25) is 50.6 Å². The number of amidine groups is 1. The third-order valence-corrected chi connectivity index (χ3v) is 17.6. The van der Waals surface area contributed by atoms with Crippen molar-refractivity contribution in [3.8, 4) is 17.7 Å². The predicted molar refractivity (Wildman–Crippen MR) is 441 cm³/mol. The van der Waals surface area contributed by atoms with E-state index in [4.69, 9.17) is 147 Å². The number of aromatic nitrogens is 10. The number of hydrogen-bond acceptors (Lipinski definition) is 13. The van der Waals surface area contributed by atoms with Gasteiger partial charge < -0.3 is 21.5 Å². The Bertz CT molecular complexity index is 4760. The number of hydrogen-bond donors (Lipinski definition) is 5. The zero-order valence-corrected chi connectivity index (χ0v) is 66.6. The van der Waals surface area contributed by atoms with E-state index in [1.54, 1.807) is 35.7 Å². The molecule has 0 spiro atoms. The van der Waals surface area contributed by atoms with Crippen molar-refractivity contribution in [2.24, 2.45) is 11.7 Å². The summed E-state index contributed by atoms with van der Waals surface area (Å²) < 4.78 is 3.63. The van der Waals surface area contributed by atoms with Gasteiger partial charge in [-0.15, -0.1) is 0 Å². The minimum Gasteiger partial charge on any atom is -0.396 e. The van der Waals surface area contributed by atoms with Gasteiger partial charge in [0.15, 0.2) is 0 Å². The summed E-state index contributed by atoms with van der Waals surface area (Å²) in [6.45, 7) is 4.78. The average molecular weight is 1650 g/mol. The summed E-state index contributed by atoms with van der Waals surface area (Å²) in [5.41, 5.74) is 12.9. The molecule has 12 rings (SSSR count). The lowest BCUT2D eigenvalue weighted by molar-refractivity contribution is -0.122. The lowest BCUT2D eigenvalue weighted by Gasteiger charge is -2.21. The average Bonchev–Trinajstić information content (AvgIpc) is 1.43. The Morgan fingerprint density at radius 3 is 1.25 bits per heavy atom. The lowest BCUT2D eigenvalue weighted by Crippen LogP contribution is -2.40. The molecule has 27 heteroatoms. The van der Waals surface area contributed by atoms with Crippen LogP contribution in [0.5, 0.6) is 0 Å². The third-order valence-electron chi connectivity index (χ3n) is 15.3. The molecule has 5 aromatic heterocycles. The lowest BCUT2D eigenvalue weighted by atomic mass is 10.0. The molecule has 0 fully saturated rings. The fraction of sp³-hybridized carbons (Fsp3) is 0.222. The van der Waals surface area contributed by atoms with Crippen LogP contribution in [0.4, 0.5) is 5.82 Å². The summed E-state index contributed by atoms with van der Waals surface area (Å²) in [7, 11) is 0. The van der Waals surface area contributed by atoms with Gasteiger partial charge in [-0.25, -0.2) is 39.9 Å². The number of benzene rings is 7. The fourth-order valence-corrected chi connectivity index (χ4v) is 12.2. The first-order valence-corrected chi connectivity index (χ1v) is 37.9. The number of halogens is 10. The standard InChI is InChI=1S/C28H30Cl2N6O.C15H12Cl2N4.C12H9Cl3N2.C9H11ClN2.C9H8ClN.C8H9ClO/c1-19(2)14-24(28(37)32-17-21-6-9-22(29)10-7-21)33-26-16-27(36-13-12-31-18-36)35-25(34-26)11-8-20-4-3-5-23(30)15-20;16-12-3-1-2-11(8-12)4-5-14-19-13(17)9-15(20-14)21-7-6-18-10-21;13-9-3-1-2-8(6-9)4-5-12-16-10(14)7-11(15)17-12;10-8-3-1-2-7(6-8)4-5-9(11)12;10-9-5-1-3-8(7-9)4-2-6-11;9-8-3-1-2-7(6-8)4-5-10/h3-7,9-10,12-13,15-16,18-19,24H,8,11,14,17H2,1-2H3,(H,32,37)(H,33,34,35);1-3,6-10H,4-5H2;1-3,6-7H,4-5H2;1-3,6H,4-5H2,(H3,11,12);1,3,5,7H,2,4H2;1-3,6,10H,4-5H2/t24-;;;;;/m1...../s1. The molecule has 12 aromatic rings. The maximum Gasteiger partial charge on any atom is 0.242 e. The Labute approximate surface area is 680 Å². The van der Waals surface area contributed by atoms with Crippen molar-refractivity contribution < 1.29 is 9.90 Å². The van der Waals surface area contributed by atoms with Gasteiger partial charge in [-0.3, -0.25) is 19.3 Å². The molecule has 108 heavy (non-hydrogen) atoms. The zero-order valence-electron chi connectivity index (χ0n) is 59.0. The van der Waals surface area contributed by atoms with Crippen molar-refractivity contribution in [3.63, 3.8) is 0 Å². The van der Waals surface area contributed by atoms with Crippen molar-refractivity contribution in [1.29, 1.82) is 10.7 Å². The van der Waals surface area contributed by atoms with Crippen molar-refractivity contribution in [2.75, 3.05) is 11.9 Å². The number of rotatable bonds is 25. The normalized spacial score (nSPS) is 10.8. The van der Waals surface area contributed by atoms with Crippen LogP contribution in [-0.2, 0) is 69.1 Å². The fourth-order valence-electron chi connectivity index (χ4n) is 10.2. The number of amides is 1. The number of nitriles is 1. The van der Waals surface area contributed by atoms with Gasteiger partial charge in [0.1, 0.15) is 69.1 Å². The maximum absolute atomic E-state index is 13.2. The van der Waals surface area contributed by atoms with Gasteiger partial charge in [-0.1, -0.05) is 215 Å². The number of aliphatic hydroxyl groups is 1. The van der Waals surface area contributed by atoms with E-state index in [2.05, 4.69) is 60.5 Å². The number of anilines is 1. The van der Waals surface area contributed by atoms with Crippen molar-refractivity contribution in [2.45, 2.75) is 103 Å². The van der Waals surface area contributed by atoms with E-state index in [1.165, 1.54) is 6.07 Å². The summed E-state index contributed by atoms with van der Waals surface area (Å²) in [5.74, 6) is 4.42. The van der Waals surface area contributed by atoms with Crippen molar-refractivity contribution in [1.82, 2.24) is 54.3 Å². The minimum absolute atomic E-state index is 0.0908. The van der Waals surface area contributed by atoms with Gasteiger partial charge in [-0.05, 0) is 175 Å². The van der Waals surface area contributed by atoms with Crippen LogP contribution in [0, 0.1) is 22.7 Å². The molecule has 560 valence electrons. The summed E-state index contributed by atoms with van der Waals surface area (Å²) >= 11 is 58.9. The topological polar surface area (TPSA) is 248 Å². The summed E-state index contributed by atoms with van der Waals surface area (Å²) in [5, 5.41) is 36.5. The quantitative estimate of drug-likeness (QED) is 0.0203. The number of aliphatic hydroxyl groups excluding tert-OH is 1. The molecule has 0 radical (unpaired) electrons. The van der Waals surface area contributed by atoms with Crippen molar-refractivity contribution in [3.05, 3.63) is 333 Å². The molecule has 1 atom stereocenters. The molecule has 0 unspecified atom stereocenters. The number of carbonyl (C=O) groups excluding carboxylic acids is 1. The van der Waals surface area contributed by atoms with E-state index in [9.17, 15) is 4.79 Å². The van der Waals surface area contributed by atoms with E-state index in [0.29, 0.717) is 118 Å². The Balaban J connectivity index is 0.000000195. The summed E-state index contributed by atoms with van der Waals surface area (Å²) in [4.78, 5) is 47.8. The van der Waals surface area contributed by atoms with Gasteiger partial charge in [-0.2, -0.15) is 5.26 Å². The second kappa shape index (κ2) is 47.3. The molecular formula is C81H79Cl10N15O2. The van der Waals surface area contributed by atoms with Crippen LogP contribution in [0.1, 0.15) is 89.5 Å². The molecular weight excluding hydrogens is 1570 g/mol. The SMILES string of the molecule is CC(C)C[C@@H](Nc1cc(-n2ccnc2)nc(CCc2cccc(Cl)c2)n1)C(=O)NCc1ccc(Cl)cc1.Clc1cccc(CCc2nc(Cl)cc(-n3ccnc3)n2)c1.Clc1cccc(CCc2nc(Cl)cc(Cl)n2)c1.N#CCCc1cccc(Cl)c1.N=C(N)CCc1cccc(Cl)c1.OCCc1cccc(Cl)c1. The number of carbonyl (C=O) groups is 1. The summed E-state index contributed by atoms with van der Waals surface area (Å²) in [6, 6.07) is 60.1. The molecule has 0 saturated carbocycles. The molecule has 1 amide bonds. The Morgan fingerprint density at radius 2 is 0.861 bits per heavy atom. The highest BCUT2D eigenvalue weighted by atomic mass is 35.5. The molecule has 7 aromatic carbocycles. The van der Waals surface area contributed by atoms with E-state index in [-0.39, 0.29) is 18.3 Å². The largest absolute Gasteiger partial charge is 0.396 e. The Morgan fingerprint density at radius 1 is 0.472 bits per heavy atom. The van der Waals surface area contributed by atoms with Crippen LogP contribution >= 0.6 is 116 Å². The first-order chi connectivity index (χ1) is 52.0. The highest BCUT2D eigenvalue weighted by molar-refractivity contribution is 6.34. The number of nitrogens with two attached hydrogens (primary N) is 1. The number of nitrogens with one attached hydrogen (secondary N) is 3. The van der Waals surface area contributed by atoms with E-state index in [0.717, 1.165) is 96.2 Å². The van der Waals surface area contributed by atoms with Crippen LogP contribution in [-0.4, -0.2) is 78.5 Å². The monoisotopic (exact) mass is 1640 g/mol. The molecule has 0 aliphatic rings. The number of imidazole rings is 2. The van der Waals surface area contributed by atoms with Gasteiger partial charge >= 0.3 is 0 Å². The molecule has 0 aliphatic heterocycles. The van der Waals surface area contributed by atoms with E-state index in [1.807, 2.05) is 193 Å². The van der Waals surface area contributed by atoms with Gasteiger partial charge in [0, 0.05) is 123 Å². The minimum atomic E-state index is -0.460. The van der Waals surface area contributed by atoms with Gasteiger partial charge in [0.25, 0.3) is 0 Å². The van der Waals surface area contributed by atoms with E-state index >= 15 is 0 Å². The third kappa shape index (κ3) is 33.8. The molecule has 6 N–H and O–H groups in total. The highest BCUT2D eigenvalue weighted by Gasteiger charge is 2.22. The predicted octanol–water partition coefficient (Wildman–Crippen LogP) is 20.8. The second-order valence-electron chi connectivity index (χ2n) is 24.5. The van der Waals surface area contributed by atoms with Crippen LogP contribution in [0.25, 0.3) is 11.6 Å². The van der Waals surface area contributed by atoms with Gasteiger partial charge in [0.2, 0.25) is 5.91 Å². The molecule has 17 nitrogen and oxygen atoms in total. The Hall–Kier alpha value is -8.71. The van der Waals surface area contributed by atoms with Crippen molar-refractivity contribution >= 4 is 134 Å². The second-order valence-corrected chi connectivity index (χ2v) is 28.7. The van der Waals surface area contributed by atoms with E-state index < -0.39 is 6.04 Å². The molecule has 0 bridgehead atoms. The van der Waals surface area contributed by atoms with Gasteiger partial charge in [0.05, 0.1) is 11.9 Å². The zero-order chi connectivity index (χ0) is 77.6.